The number of carbonyl (C=O) groups is 3. The summed E-state index contributed by atoms with van der Waals surface area (Å²) in [6, 6.07) is 5.07. The van der Waals surface area contributed by atoms with E-state index in [9.17, 15) is 14.4 Å². The van der Waals surface area contributed by atoms with E-state index < -0.39 is 35.0 Å². The number of benzene rings is 1. The second-order valence-electron chi connectivity index (χ2n) is 8.63. The molecule has 9 heteroatoms. The number of fused-ring (bicyclic) bond motifs is 2. The third-order valence-electron chi connectivity index (χ3n) is 4.73. The van der Waals surface area contributed by atoms with Crippen LogP contribution < -0.4 is 11.1 Å². The Morgan fingerprint density at radius 1 is 1.19 bits per heavy atom. The van der Waals surface area contributed by atoms with Crippen molar-refractivity contribution in [2.45, 2.75) is 58.7 Å². The Balaban J connectivity index is 2.37. The van der Waals surface area contributed by atoms with Crippen LogP contribution in [0, 0.1) is 0 Å². The number of esters is 3. The van der Waals surface area contributed by atoms with Crippen LogP contribution in [0.1, 0.15) is 47.1 Å². The highest BCUT2D eigenvalue weighted by Gasteiger charge is 2.63. The normalized spacial score (nSPS) is 20.6. The van der Waals surface area contributed by atoms with Crippen molar-refractivity contribution in [2.24, 2.45) is 5.73 Å². The molecule has 0 unspecified atom stereocenters. The molecule has 1 aromatic carbocycles. The van der Waals surface area contributed by atoms with Crippen LogP contribution >= 0.6 is 15.9 Å². The van der Waals surface area contributed by atoms with Crippen LogP contribution in [0.3, 0.4) is 0 Å². The van der Waals surface area contributed by atoms with E-state index in [1.807, 2.05) is 0 Å². The fourth-order valence-corrected chi connectivity index (χ4v) is 4.11. The van der Waals surface area contributed by atoms with E-state index in [1.54, 1.807) is 52.8 Å². The van der Waals surface area contributed by atoms with Crippen molar-refractivity contribution >= 4 is 39.5 Å². The molecule has 0 saturated carbocycles. The molecule has 2 heterocycles. The Bertz CT molecular complexity index is 1050. The Labute approximate surface area is 188 Å². The van der Waals surface area contributed by atoms with Crippen molar-refractivity contribution < 1.29 is 28.6 Å². The zero-order valence-corrected chi connectivity index (χ0v) is 19.8. The highest BCUT2D eigenvalue weighted by atomic mass is 79.9. The maximum Gasteiger partial charge on any atom is 0.339 e. The molecule has 0 bridgehead atoms. The van der Waals surface area contributed by atoms with Crippen LogP contribution in [0.25, 0.3) is 0 Å². The van der Waals surface area contributed by atoms with E-state index in [0.29, 0.717) is 15.7 Å². The lowest BCUT2D eigenvalue weighted by Crippen LogP contribution is -2.48. The van der Waals surface area contributed by atoms with E-state index in [4.69, 9.17) is 19.9 Å². The van der Waals surface area contributed by atoms with Crippen molar-refractivity contribution in [3.8, 4) is 0 Å². The van der Waals surface area contributed by atoms with Gasteiger partial charge in [-0.1, -0.05) is 15.9 Å². The summed E-state index contributed by atoms with van der Waals surface area (Å²) < 4.78 is 17.0. The summed E-state index contributed by atoms with van der Waals surface area (Å²) in [7, 11) is 0. The Hall–Kier alpha value is -2.81. The van der Waals surface area contributed by atoms with Gasteiger partial charge in [0.2, 0.25) is 0 Å². The first-order valence-electron chi connectivity index (χ1n) is 9.74. The molecule has 1 spiro atoms. The fourth-order valence-electron chi connectivity index (χ4n) is 3.75. The Kier molecular flexibility index (Phi) is 5.69. The minimum absolute atomic E-state index is 0.0368. The summed E-state index contributed by atoms with van der Waals surface area (Å²) in [5.41, 5.74) is 3.91. The summed E-state index contributed by atoms with van der Waals surface area (Å²) >= 11 is 3.40. The lowest BCUT2D eigenvalue weighted by molar-refractivity contribution is -0.152. The van der Waals surface area contributed by atoms with E-state index in [1.165, 1.54) is 6.92 Å². The number of hydrogen-bond donors (Lipinski definition) is 2. The molecular weight excluding hydrogens is 468 g/mol. The minimum atomic E-state index is -1.94. The number of cyclic esters (lactones) is 1. The zero-order chi connectivity index (χ0) is 23.3. The molecule has 0 fully saturated rings. The van der Waals surface area contributed by atoms with Crippen molar-refractivity contribution in [2.75, 3.05) is 5.32 Å². The average Bonchev–Trinajstić information content (AvgIpc) is 2.84. The smallest absolute Gasteiger partial charge is 0.339 e. The van der Waals surface area contributed by atoms with Crippen molar-refractivity contribution in [1.82, 2.24) is 0 Å². The summed E-state index contributed by atoms with van der Waals surface area (Å²) in [5, 5.41) is 2.94. The van der Waals surface area contributed by atoms with E-state index in [2.05, 4.69) is 21.2 Å². The second-order valence-corrected chi connectivity index (χ2v) is 9.55. The number of rotatable bonds is 3. The molecule has 1 atom stereocenters. The lowest BCUT2D eigenvalue weighted by atomic mass is 9.67. The van der Waals surface area contributed by atoms with E-state index >= 15 is 0 Å². The first-order valence-corrected chi connectivity index (χ1v) is 10.5. The van der Waals surface area contributed by atoms with Gasteiger partial charge in [-0.3, -0.25) is 0 Å². The van der Waals surface area contributed by atoms with Crippen LogP contribution in [0.5, 0.6) is 0 Å². The molecule has 166 valence electrons. The highest BCUT2D eigenvalue weighted by Crippen LogP contribution is 2.53. The SMILES string of the molecule is CC1=C(C(=O)OC(C)(C)C)[C@@]2(C(=O)O1)C(C(=O)OC(C)C)=C(N)Nc1ccc(Br)cc12. The van der Waals surface area contributed by atoms with Gasteiger partial charge in [-0.05, 0) is 59.7 Å². The monoisotopic (exact) mass is 492 g/mol. The number of halogens is 1. The van der Waals surface area contributed by atoms with Crippen LogP contribution in [-0.4, -0.2) is 29.6 Å². The molecule has 31 heavy (non-hydrogen) atoms. The number of allylic oxidation sites excluding steroid dienone is 1. The number of nitrogens with two attached hydrogens (primary N) is 1. The maximum absolute atomic E-state index is 13.4. The zero-order valence-electron chi connectivity index (χ0n) is 18.2. The summed E-state index contributed by atoms with van der Waals surface area (Å²) in [5.74, 6) is -2.52. The van der Waals surface area contributed by atoms with E-state index in [-0.39, 0.29) is 22.7 Å². The van der Waals surface area contributed by atoms with Gasteiger partial charge in [-0.25, -0.2) is 14.4 Å². The van der Waals surface area contributed by atoms with Crippen LogP contribution in [0.4, 0.5) is 5.69 Å². The van der Waals surface area contributed by atoms with Gasteiger partial charge in [-0.15, -0.1) is 0 Å². The summed E-state index contributed by atoms with van der Waals surface area (Å²) in [6.45, 7) is 9.94. The van der Waals surface area contributed by atoms with Gasteiger partial charge in [-0.2, -0.15) is 0 Å². The molecular formula is C22H25BrN2O6. The molecule has 0 aliphatic carbocycles. The topological polar surface area (TPSA) is 117 Å². The number of nitrogens with one attached hydrogen (secondary N) is 1. The Morgan fingerprint density at radius 2 is 1.84 bits per heavy atom. The van der Waals surface area contributed by atoms with Crippen LogP contribution in [0.15, 0.2) is 45.4 Å². The third kappa shape index (κ3) is 3.82. The molecule has 8 nitrogen and oxygen atoms in total. The third-order valence-corrected chi connectivity index (χ3v) is 5.22. The summed E-state index contributed by atoms with van der Waals surface area (Å²) in [6.07, 6.45) is -0.485. The largest absolute Gasteiger partial charge is 0.459 e. The molecule has 2 aliphatic rings. The number of ether oxygens (including phenoxy) is 3. The van der Waals surface area contributed by atoms with Gasteiger partial charge in [0.25, 0.3) is 0 Å². The highest BCUT2D eigenvalue weighted by molar-refractivity contribution is 9.10. The Morgan fingerprint density at radius 3 is 2.42 bits per heavy atom. The number of hydrogen-bond acceptors (Lipinski definition) is 8. The van der Waals surface area contributed by atoms with Gasteiger partial charge in [0.15, 0.2) is 5.41 Å². The molecule has 0 saturated heterocycles. The lowest BCUT2D eigenvalue weighted by Gasteiger charge is -2.37. The van der Waals surface area contributed by atoms with Crippen molar-refractivity contribution in [1.29, 1.82) is 0 Å². The quantitative estimate of drug-likeness (QED) is 0.486. The standard InChI is InChI=1S/C22H25BrN2O6/c1-10(2)29-18(26)16-17(24)25-14-8-7-12(23)9-13(14)22(16)15(11(3)30-20(22)28)19(27)31-21(4,5)6/h7-10,25H,24H2,1-6H3/t22-/m1/s1. The fraction of sp³-hybridized carbons (Fsp3) is 0.409. The predicted molar refractivity (Wildman–Crippen MR) is 117 cm³/mol. The van der Waals surface area contributed by atoms with Gasteiger partial charge >= 0.3 is 17.9 Å². The molecule has 1 aromatic rings. The molecule has 0 amide bonds. The molecule has 0 aromatic heterocycles. The van der Waals surface area contributed by atoms with Gasteiger partial charge in [0, 0.05) is 15.7 Å². The van der Waals surface area contributed by atoms with E-state index in [0.717, 1.165) is 0 Å². The van der Waals surface area contributed by atoms with Crippen LogP contribution in [-0.2, 0) is 34.0 Å². The number of anilines is 1. The predicted octanol–water partition coefficient (Wildman–Crippen LogP) is 3.41. The average molecular weight is 493 g/mol. The van der Waals surface area contributed by atoms with Crippen molar-refractivity contribution in [3.05, 3.63) is 51.0 Å². The first kappa shape index (κ1) is 22.9. The van der Waals surface area contributed by atoms with Gasteiger partial charge in [0.1, 0.15) is 28.3 Å². The van der Waals surface area contributed by atoms with Crippen molar-refractivity contribution in [3.63, 3.8) is 0 Å². The number of carbonyl (C=O) groups excluding carboxylic acids is 3. The first-order chi connectivity index (χ1) is 14.3. The molecule has 2 aliphatic heterocycles. The molecule has 0 radical (unpaired) electrons. The summed E-state index contributed by atoms with van der Waals surface area (Å²) in [4.78, 5) is 40.0. The van der Waals surface area contributed by atoms with Gasteiger partial charge in [0.05, 0.1) is 6.10 Å². The van der Waals surface area contributed by atoms with Gasteiger partial charge < -0.3 is 25.3 Å². The van der Waals surface area contributed by atoms with Crippen LogP contribution in [0.2, 0.25) is 0 Å². The second kappa shape index (κ2) is 7.71. The minimum Gasteiger partial charge on any atom is -0.459 e. The molecule has 3 N–H and O–H groups in total. The molecule has 3 rings (SSSR count). The maximum atomic E-state index is 13.4.